The summed E-state index contributed by atoms with van der Waals surface area (Å²) in [5.74, 6) is 5.42. The van der Waals surface area contributed by atoms with Gasteiger partial charge in [0.15, 0.2) is 0 Å². The van der Waals surface area contributed by atoms with E-state index in [1.807, 2.05) is 37.3 Å². The van der Waals surface area contributed by atoms with Crippen LogP contribution in [0.3, 0.4) is 0 Å². The average molecular weight is 439 g/mol. The highest BCUT2D eigenvalue weighted by molar-refractivity contribution is 6.34. The van der Waals surface area contributed by atoms with Gasteiger partial charge in [0.05, 0.1) is 39.3 Å². The number of nitrogens with two attached hydrogens (primary N) is 2. The van der Waals surface area contributed by atoms with E-state index < -0.39 is 28.7 Å². The molecular weight excluding hydrogens is 417 g/mol. The zero-order valence-electron chi connectivity index (χ0n) is 16.4. The number of amides is 1. The van der Waals surface area contributed by atoms with Gasteiger partial charge < -0.3 is 10.6 Å². The summed E-state index contributed by atoms with van der Waals surface area (Å²) in [6.07, 6.45) is -4.66. The second-order valence-electron chi connectivity index (χ2n) is 7.25. The number of halogens is 4. The molecule has 4 N–H and O–H groups in total. The number of carbonyl (C=O) groups excluding carboxylic acids is 1. The Bertz CT molecular complexity index is 978. The van der Waals surface area contributed by atoms with Crippen molar-refractivity contribution in [1.29, 1.82) is 0 Å². The van der Waals surface area contributed by atoms with E-state index in [1.54, 1.807) is 6.92 Å². The third-order valence-corrected chi connectivity index (χ3v) is 5.65. The van der Waals surface area contributed by atoms with Gasteiger partial charge in [0.25, 0.3) is 5.91 Å². The molecular formula is C21H22ClF3N4O. The Hall–Kier alpha value is -2.71. The fourth-order valence-electron chi connectivity index (χ4n) is 3.64. The van der Waals surface area contributed by atoms with Gasteiger partial charge in [-0.15, -0.1) is 0 Å². The van der Waals surface area contributed by atoms with E-state index in [4.69, 9.17) is 23.2 Å². The molecule has 30 heavy (non-hydrogen) atoms. The van der Waals surface area contributed by atoms with E-state index in [9.17, 15) is 18.0 Å². The lowest BCUT2D eigenvalue weighted by atomic mass is 9.94. The molecule has 3 rings (SSSR count). The average Bonchev–Trinajstić information content (AvgIpc) is 2.70. The number of hydrogen-bond donors (Lipinski definition) is 2. The van der Waals surface area contributed by atoms with Crippen molar-refractivity contribution in [3.63, 3.8) is 0 Å². The van der Waals surface area contributed by atoms with Crippen LogP contribution in [0, 0.1) is 5.92 Å². The summed E-state index contributed by atoms with van der Waals surface area (Å²) in [5, 5.41) is 0.864. The lowest BCUT2D eigenvalue weighted by Gasteiger charge is -2.41. The predicted molar refractivity (Wildman–Crippen MR) is 110 cm³/mol. The van der Waals surface area contributed by atoms with E-state index in [2.05, 4.69) is 0 Å². The van der Waals surface area contributed by atoms with Gasteiger partial charge in [-0.3, -0.25) is 9.80 Å². The molecule has 160 valence electrons. The topological polar surface area (TPSA) is 75.6 Å². The fourth-order valence-corrected chi connectivity index (χ4v) is 3.95. The number of alkyl halides is 3. The summed E-state index contributed by atoms with van der Waals surface area (Å²) in [5.41, 5.74) is 6.85. The first-order valence-corrected chi connectivity index (χ1v) is 9.68. The van der Waals surface area contributed by atoms with Crippen LogP contribution in [-0.4, -0.2) is 23.4 Å². The van der Waals surface area contributed by atoms with Gasteiger partial charge in [-0.1, -0.05) is 42.8 Å². The molecule has 2 unspecified atom stereocenters. The molecule has 2 aromatic rings. The van der Waals surface area contributed by atoms with Crippen LogP contribution >= 0.6 is 11.6 Å². The number of para-hydroxylation sites is 1. The number of nitrogens with zero attached hydrogens (tertiary/aromatic N) is 2. The maximum absolute atomic E-state index is 13.2. The minimum atomic E-state index is -4.66. The summed E-state index contributed by atoms with van der Waals surface area (Å²) in [4.78, 5) is 14.5. The Morgan fingerprint density at radius 3 is 2.37 bits per heavy atom. The van der Waals surface area contributed by atoms with Gasteiger partial charge in [0, 0.05) is 12.5 Å². The van der Waals surface area contributed by atoms with Gasteiger partial charge in [0.1, 0.15) is 0 Å². The van der Waals surface area contributed by atoms with Crippen molar-refractivity contribution in [3.05, 3.63) is 76.1 Å². The second-order valence-corrected chi connectivity index (χ2v) is 7.62. The number of anilines is 1. The Morgan fingerprint density at radius 1 is 1.13 bits per heavy atom. The van der Waals surface area contributed by atoms with Crippen molar-refractivity contribution in [2.75, 3.05) is 11.6 Å². The van der Waals surface area contributed by atoms with E-state index in [-0.39, 0.29) is 18.0 Å². The first-order chi connectivity index (χ1) is 14.0. The summed E-state index contributed by atoms with van der Waals surface area (Å²) in [6.45, 7) is 3.79. The van der Waals surface area contributed by atoms with Crippen molar-refractivity contribution >= 4 is 23.2 Å². The Balaban J connectivity index is 1.95. The van der Waals surface area contributed by atoms with Crippen LogP contribution in [-0.2, 0) is 6.18 Å². The molecule has 1 amide bonds. The van der Waals surface area contributed by atoms with Crippen molar-refractivity contribution < 1.29 is 18.0 Å². The van der Waals surface area contributed by atoms with Crippen LogP contribution in [0.15, 0.2) is 59.9 Å². The van der Waals surface area contributed by atoms with Crippen molar-refractivity contribution in [1.82, 2.24) is 4.90 Å². The fraction of sp³-hybridized carbons (Fsp3) is 0.286. The van der Waals surface area contributed by atoms with Crippen LogP contribution < -0.4 is 16.6 Å². The van der Waals surface area contributed by atoms with E-state index in [1.165, 1.54) is 22.0 Å². The maximum atomic E-state index is 13.2. The SMILES string of the molecule is CC1CN(C(=O)c2cccc(C(F)(F)F)c2Cl)C(C)C(N)=C1N(N)c1ccccc1. The zero-order valence-corrected chi connectivity index (χ0v) is 17.2. The standard InChI is InChI=1S/C21H22ClF3N4O/c1-12-11-28(20(30)15-9-6-10-16(17(15)22)21(23,24)25)13(2)18(26)19(12)29(27)14-7-4-3-5-8-14/h3-10,12-13H,11,26-27H2,1-2H3. The second kappa shape index (κ2) is 8.20. The summed E-state index contributed by atoms with van der Waals surface area (Å²) < 4.78 is 39.5. The number of carbonyl (C=O) groups is 1. The first kappa shape index (κ1) is 22.0. The van der Waals surface area contributed by atoms with Gasteiger partial charge in [-0.25, -0.2) is 5.84 Å². The van der Waals surface area contributed by atoms with E-state index >= 15 is 0 Å². The molecule has 9 heteroatoms. The number of hydrazine groups is 1. The number of hydrogen-bond acceptors (Lipinski definition) is 4. The Morgan fingerprint density at radius 2 is 1.77 bits per heavy atom. The van der Waals surface area contributed by atoms with Gasteiger partial charge in [0.2, 0.25) is 0 Å². The number of benzene rings is 2. The molecule has 1 heterocycles. The maximum Gasteiger partial charge on any atom is 0.417 e. The Labute approximate surface area is 177 Å². The molecule has 0 radical (unpaired) electrons. The lowest BCUT2D eigenvalue weighted by Crippen LogP contribution is -2.52. The third-order valence-electron chi connectivity index (χ3n) is 5.24. The number of rotatable bonds is 3. The van der Waals surface area contributed by atoms with E-state index in [0.29, 0.717) is 11.4 Å². The van der Waals surface area contributed by atoms with Gasteiger partial charge in [-0.05, 0) is 31.2 Å². The highest BCUT2D eigenvalue weighted by Crippen LogP contribution is 2.37. The zero-order chi connectivity index (χ0) is 22.2. The highest BCUT2D eigenvalue weighted by atomic mass is 35.5. The van der Waals surface area contributed by atoms with Crippen LogP contribution in [0.1, 0.15) is 29.8 Å². The first-order valence-electron chi connectivity index (χ1n) is 9.30. The normalized spacial score (nSPS) is 19.8. The van der Waals surface area contributed by atoms with Crippen LogP contribution in [0.2, 0.25) is 5.02 Å². The quantitative estimate of drug-likeness (QED) is 0.550. The molecule has 0 saturated heterocycles. The van der Waals surface area contributed by atoms with Crippen LogP contribution in [0.25, 0.3) is 0 Å². The molecule has 0 fully saturated rings. The molecule has 0 spiro atoms. The largest absolute Gasteiger partial charge is 0.417 e. The molecule has 5 nitrogen and oxygen atoms in total. The predicted octanol–water partition coefficient (Wildman–Crippen LogP) is 4.39. The smallest absolute Gasteiger partial charge is 0.399 e. The molecule has 0 bridgehead atoms. The monoisotopic (exact) mass is 438 g/mol. The minimum absolute atomic E-state index is 0.213. The Kier molecular flexibility index (Phi) is 6.01. The molecule has 1 aliphatic heterocycles. The molecule has 1 aliphatic rings. The van der Waals surface area contributed by atoms with Gasteiger partial charge >= 0.3 is 6.18 Å². The lowest BCUT2D eigenvalue weighted by molar-refractivity contribution is -0.137. The van der Waals surface area contributed by atoms with Gasteiger partial charge in [-0.2, -0.15) is 13.2 Å². The summed E-state index contributed by atoms with van der Waals surface area (Å²) in [6, 6.07) is 11.9. The third kappa shape index (κ3) is 3.97. The molecule has 2 atom stereocenters. The summed E-state index contributed by atoms with van der Waals surface area (Å²) in [7, 11) is 0. The van der Waals surface area contributed by atoms with Crippen molar-refractivity contribution in [2.45, 2.75) is 26.1 Å². The molecule has 0 saturated carbocycles. The van der Waals surface area contributed by atoms with Crippen LogP contribution in [0.5, 0.6) is 0 Å². The van der Waals surface area contributed by atoms with Crippen molar-refractivity contribution in [2.24, 2.45) is 17.5 Å². The molecule has 0 aromatic heterocycles. The van der Waals surface area contributed by atoms with Crippen LogP contribution in [0.4, 0.5) is 18.9 Å². The molecule has 0 aliphatic carbocycles. The minimum Gasteiger partial charge on any atom is -0.399 e. The highest BCUT2D eigenvalue weighted by Gasteiger charge is 2.38. The summed E-state index contributed by atoms with van der Waals surface area (Å²) >= 11 is 5.95. The molecule has 2 aromatic carbocycles. The van der Waals surface area contributed by atoms with Crippen molar-refractivity contribution in [3.8, 4) is 0 Å². The van der Waals surface area contributed by atoms with E-state index in [0.717, 1.165) is 11.8 Å².